The molecule has 0 fully saturated rings. The van der Waals surface area contributed by atoms with Crippen LogP contribution in [-0.4, -0.2) is 20.9 Å². The maximum atomic E-state index is 12.5. The summed E-state index contributed by atoms with van der Waals surface area (Å²) >= 11 is 0. The first-order valence-corrected chi connectivity index (χ1v) is 10.8. The van der Waals surface area contributed by atoms with E-state index >= 15 is 0 Å². The smallest absolute Gasteiger partial charge is 0.240 e. The van der Waals surface area contributed by atoms with Gasteiger partial charge in [0, 0.05) is 18.7 Å². The summed E-state index contributed by atoms with van der Waals surface area (Å²) in [7, 11) is -3.60. The Kier molecular flexibility index (Phi) is 5.97. The number of amides is 1. The van der Waals surface area contributed by atoms with Gasteiger partial charge in [-0.15, -0.1) is 0 Å². The van der Waals surface area contributed by atoms with Gasteiger partial charge < -0.3 is 5.32 Å². The lowest BCUT2D eigenvalue weighted by Gasteiger charge is -2.16. The summed E-state index contributed by atoms with van der Waals surface area (Å²) in [5, 5.41) is 2.80. The van der Waals surface area contributed by atoms with E-state index in [1.165, 1.54) is 5.56 Å². The molecule has 0 saturated heterocycles. The Morgan fingerprint density at radius 3 is 2.44 bits per heavy atom. The maximum Gasteiger partial charge on any atom is 0.240 e. The third kappa shape index (κ3) is 4.96. The topological polar surface area (TPSA) is 75.3 Å². The van der Waals surface area contributed by atoms with Crippen molar-refractivity contribution in [3.8, 4) is 0 Å². The lowest BCUT2D eigenvalue weighted by atomic mass is 9.92. The van der Waals surface area contributed by atoms with Gasteiger partial charge in [0.15, 0.2) is 0 Å². The molecule has 0 aliphatic heterocycles. The van der Waals surface area contributed by atoms with Gasteiger partial charge >= 0.3 is 0 Å². The number of hydrogen-bond donors (Lipinski definition) is 2. The monoisotopic (exact) mass is 386 g/mol. The van der Waals surface area contributed by atoms with Crippen LogP contribution in [0, 0.1) is 13.8 Å². The SMILES string of the molecule is Cc1ccc(NC(=O)CCNS(=O)(=O)c2ccc3c(c2)CCCC3)cc1C. The van der Waals surface area contributed by atoms with Crippen molar-refractivity contribution in [1.29, 1.82) is 0 Å². The van der Waals surface area contributed by atoms with Gasteiger partial charge in [-0.05, 0) is 86.1 Å². The molecule has 1 amide bonds. The fourth-order valence-electron chi connectivity index (χ4n) is 3.30. The Labute approximate surface area is 161 Å². The maximum absolute atomic E-state index is 12.5. The van der Waals surface area contributed by atoms with Crippen LogP contribution >= 0.6 is 0 Å². The Morgan fingerprint density at radius 1 is 0.963 bits per heavy atom. The van der Waals surface area contributed by atoms with E-state index < -0.39 is 10.0 Å². The van der Waals surface area contributed by atoms with Crippen molar-refractivity contribution in [2.24, 2.45) is 0 Å². The highest BCUT2D eigenvalue weighted by Crippen LogP contribution is 2.24. The lowest BCUT2D eigenvalue weighted by Crippen LogP contribution is -2.28. The fraction of sp³-hybridized carbons (Fsp3) is 0.381. The highest BCUT2D eigenvalue weighted by atomic mass is 32.2. The van der Waals surface area contributed by atoms with Crippen molar-refractivity contribution in [2.45, 2.75) is 50.8 Å². The molecule has 3 rings (SSSR count). The summed E-state index contributed by atoms with van der Waals surface area (Å²) in [6.45, 7) is 4.06. The molecule has 1 aliphatic rings. The predicted octanol–water partition coefficient (Wildman–Crippen LogP) is 3.49. The largest absolute Gasteiger partial charge is 0.326 e. The molecule has 0 unspecified atom stereocenters. The summed E-state index contributed by atoms with van der Waals surface area (Å²) in [5.41, 5.74) is 5.34. The number of carbonyl (C=O) groups is 1. The van der Waals surface area contributed by atoms with Crippen molar-refractivity contribution in [3.05, 3.63) is 58.7 Å². The van der Waals surface area contributed by atoms with Crippen molar-refractivity contribution in [3.63, 3.8) is 0 Å². The molecular weight excluding hydrogens is 360 g/mol. The average molecular weight is 387 g/mol. The van der Waals surface area contributed by atoms with Crippen molar-refractivity contribution in [2.75, 3.05) is 11.9 Å². The van der Waals surface area contributed by atoms with Gasteiger partial charge in [0.1, 0.15) is 0 Å². The number of hydrogen-bond acceptors (Lipinski definition) is 3. The third-order valence-electron chi connectivity index (χ3n) is 5.07. The molecule has 2 aromatic carbocycles. The quantitative estimate of drug-likeness (QED) is 0.798. The minimum Gasteiger partial charge on any atom is -0.326 e. The van der Waals surface area contributed by atoms with E-state index in [0.29, 0.717) is 0 Å². The molecule has 0 heterocycles. The van der Waals surface area contributed by atoms with E-state index in [9.17, 15) is 13.2 Å². The Balaban J connectivity index is 1.55. The number of fused-ring (bicyclic) bond motifs is 1. The Hall–Kier alpha value is -2.18. The van der Waals surface area contributed by atoms with E-state index in [1.54, 1.807) is 12.1 Å². The van der Waals surface area contributed by atoms with E-state index in [2.05, 4.69) is 10.0 Å². The highest BCUT2D eigenvalue weighted by molar-refractivity contribution is 7.89. The van der Waals surface area contributed by atoms with Crippen LogP contribution in [0.3, 0.4) is 0 Å². The van der Waals surface area contributed by atoms with Crippen molar-refractivity contribution < 1.29 is 13.2 Å². The van der Waals surface area contributed by atoms with Gasteiger partial charge in [0.2, 0.25) is 15.9 Å². The Bertz CT molecular complexity index is 952. The van der Waals surface area contributed by atoms with Gasteiger partial charge in [-0.2, -0.15) is 0 Å². The summed E-state index contributed by atoms with van der Waals surface area (Å²) in [6, 6.07) is 11.0. The second-order valence-corrected chi connectivity index (χ2v) is 8.90. The van der Waals surface area contributed by atoms with Crippen molar-refractivity contribution >= 4 is 21.6 Å². The molecule has 144 valence electrons. The fourth-order valence-corrected chi connectivity index (χ4v) is 4.38. The molecule has 2 N–H and O–H groups in total. The number of nitrogens with one attached hydrogen (secondary N) is 2. The molecule has 0 atom stereocenters. The lowest BCUT2D eigenvalue weighted by molar-refractivity contribution is -0.116. The van der Waals surface area contributed by atoms with Crippen LogP contribution in [0.25, 0.3) is 0 Å². The van der Waals surface area contributed by atoms with Crippen LogP contribution in [0.5, 0.6) is 0 Å². The van der Waals surface area contributed by atoms with E-state index in [-0.39, 0.29) is 23.8 Å². The van der Waals surface area contributed by atoms with Crippen LogP contribution in [0.2, 0.25) is 0 Å². The number of anilines is 1. The van der Waals surface area contributed by atoms with Crippen LogP contribution in [-0.2, 0) is 27.7 Å². The number of rotatable bonds is 6. The molecule has 0 bridgehead atoms. The molecule has 0 spiro atoms. The molecule has 27 heavy (non-hydrogen) atoms. The number of sulfonamides is 1. The minimum atomic E-state index is -3.60. The van der Waals surface area contributed by atoms with E-state index in [0.717, 1.165) is 48.1 Å². The Morgan fingerprint density at radius 2 is 1.70 bits per heavy atom. The van der Waals surface area contributed by atoms with Crippen LogP contribution < -0.4 is 10.0 Å². The summed E-state index contributed by atoms with van der Waals surface area (Å²) in [5.74, 6) is -0.216. The zero-order valence-electron chi connectivity index (χ0n) is 15.8. The number of carbonyl (C=O) groups excluding carboxylic acids is 1. The normalized spacial score (nSPS) is 13.9. The molecular formula is C21H26N2O3S. The minimum absolute atomic E-state index is 0.0656. The highest BCUT2D eigenvalue weighted by Gasteiger charge is 2.17. The van der Waals surface area contributed by atoms with Crippen LogP contribution in [0.1, 0.15) is 41.5 Å². The van der Waals surface area contributed by atoms with Gasteiger partial charge in [0.05, 0.1) is 4.90 Å². The second kappa shape index (κ2) is 8.23. The predicted molar refractivity (Wildman–Crippen MR) is 107 cm³/mol. The zero-order chi connectivity index (χ0) is 19.4. The van der Waals surface area contributed by atoms with Crippen LogP contribution in [0.4, 0.5) is 5.69 Å². The van der Waals surface area contributed by atoms with E-state index in [4.69, 9.17) is 0 Å². The van der Waals surface area contributed by atoms with Gasteiger partial charge in [-0.3, -0.25) is 4.79 Å². The molecule has 0 radical (unpaired) electrons. The van der Waals surface area contributed by atoms with Gasteiger partial charge in [-0.1, -0.05) is 12.1 Å². The number of benzene rings is 2. The standard InChI is InChI=1S/C21H26N2O3S/c1-15-7-9-19(13-16(15)2)23-21(24)11-12-22-27(25,26)20-10-8-17-5-3-4-6-18(17)14-20/h7-10,13-14,22H,3-6,11-12H2,1-2H3,(H,23,24). The average Bonchev–Trinajstić information content (AvgIpc) is 2.64. The van der Waals surface area contributed by atoms with Gasteiger partial charge in [-0.25, -0.2) is 13.1 Å². The summed E-state index contributed by atoms with van der Waals surface area (Å²) in [6.07, 6.45) is 4.28. The summed E-state index contributed by atoms with van der Waals surface area (Å²) < 4.78 is 27.5. The molecule has 1 aliphatic carbocycles. The second-order valence-electron chi connectivity index (χ2n) is 7.13. The molecule has 0 saturated carbocycles. The van der Waals surface area contributed by atoms with Gasteiger partial charge in [0.25, 0.3) is 0 Å². The first kappa shape index (κ1) is 19.6. The number of aryl methyl sites for hydroxylation is 4. The molecule has 0 aromatic heterocycles. The third-order valence-corrected chi connectivity index (χ3v) is 6.52. The molecule has 2 aromatic rings. The molecule has 5 nitrogen and oxygen atoms in total. The van der Waals surface area contributed by atoms with Crippen LogP contribution in [0.15, 0.2) is 41.3 Å². The molecule has 6 heteroatoms. The van der Waals surface area contributed by atoms with E-state index in [1.807, 2.05) is 38.1 Å². The first-order chi connectivity index (χ1) is 12.8. The first-order valence-electron chi connectivity index (χ1n) is 9.34. The van der Waals surface area contributed by atoms with Crippen molar-refractivity contribution in [1.82, 2.24) is 4.72 Å². The zero-order valence-corrected chi connectivity index (χ0v) is 16.7. The summed E-state index contributed by atoms with van der Waals surface area (Å²) in [4.78, 5) is 12.4.